The van der Waals surface area contributed by atoms with Crippen LogP contribution in [-0.4, -0.2) is 45.9 Å². The predicted octanol–water partition coefficient (Wildman–Crippen LogP) is 2.72. The second-order valence-corrected chi connectivity index (χ2v) is 9.45. The molecule has 1 aliphatic rings. The van der Waals surface area contributed by atoms with Gasteiger partial charge in [0.25, 0.3) is 0 Å². The molecule has 31 heavy (non-hydrogen) atoms. The number of amides is 1. The van der Waals surface area contributed by atoms with Gasteiger partial charge in [-0.1, -0.05) is 12.1 Å². The summed E-state index contributed by atoms with van der Waals surface area (Å²) >= 11 is 0. The van der Waals surface area contributed by atoms with E-state index in [1.807, 2.05) is 38.1 Å². The minimum absolute atomic E-state index is 0.0777. The highest BCUT2D eigenvalue weighted by Gasteiger charge is 2.30. The fourth-order valence-corrected chi connectivity index (χ4v) is 4.44. The predicted molar refractivity (Wildman–Crippen MR) is 118 cm³/mol. The lowest BCUT2D eigenvalue weighted by Crippen LogP contribution is -2.47. The van der Waals surface area contributed by atoms with Crippen LogP contribution < -0.4 is 23.8 Å². The zero-order valence-electron chi connectivity index (χ0n) is 18.1. The highest BCUT2D eigenvalue weighted by Crippen LogP contribution is 2.35. The van der Waals surface area contributed by atoms with Crippen LogP contribution in [0.3, 0.4) is 0 Å². The quantitative estimate of drug-likeness (QED) is 0.667. The minimum Gasteiger partial charge on any atom is -0.491 e. The standard InChI is InChI=1S/C22H28N2O6S/c1-15(2)30-19-8-5-17(6-9-19)14-23-22(25)16(3)24(31(4,26)27)18-7-10-20-21(13-18)29-12-11-28-20/h5-10,13,15-16H,11-12,14H2,1-4H3,(H,23,25)/t16-/m1/s1. The van der Waals surface area contributed by atoms with Gasteiger partial charge in [0.05, 0.1) is 18.0 Å². The van der Waals surface area contributed by atoms with Crippen molar-refractivity contribution in [2.24, 2.45) is 0 Å². The third-order valence-electron chi connectivity index (χ3n) is 4.63. The third kappa shape index (κ3) is 5.81. The molecule has 0 spiro atoms. The van der Waals surface area contributed by atoms with Gasteiger partial charge in [0.15, 0.2) is 11.5 Å². The summed E-state index contributed by atoms with van der Waals surface area (Å²) in [6, 6.07) is 11.3. The minimum atomic E-state index is -3.73. The fourth-order valence-electron chi connectivity index (χ4n) is 3.27. The topological polar surface area (TPSA) is 94.2 Å². The number of nitrogens with one attached hydrogen (secondary N) is 1. The number of carbonyl (C=O) groups excluding carboxylic acids is 1. The molecule has 8 nitrogen and oxygen atoms in total. The number of hydrogen-bond acceptors (Lipinski definition) is 6. The van der Waals surface area contributed by atoms with E-state index in [1.54, 1.807) is 25.1 Å². The number of anilines is 1. The SMILES string of the molecule is CC(C)Oc1ccc(CNC(=O)[C@@H](C)N(c2ccc3c(c2)OCCO3)S(C)(=O)=O)cc1. The summed E-state index contributed by atoms with van der Waals surface area (Å²) in [5.74, 6) is 1.34. The molecule has 1 amide bonds. The van der Waals surface area contributed by atoms with Gasteiger partial charge < -0.3 is 19.5 Å². The lowest BCUT2D eigenvalue weighted by molar-refractivity contribution is -0.122. The Bertz CT molecular complexity index is 1020. The van der Waals surface area contributed by atoms with Gasteiger partial charge in [-0.3, -0.25) is 9.10 Å². The van der Waals surface area contributed by atoms with Crippen LogP contribution in [0, 0.1) is 0 Å². The van der Waals surface area contributed by atoms with Crippen molar-refractivity contribution in [3.63, 3.8) is 0 Å². The number of fused-ring (bicyclic) bond motifs is 1. The first-order valence-electron chi connectivity index (χ1n) is 10.1. The molecular weight excluding hydrogens is 420 g/mol. The van der Waals surface area contributed by atoms with Crippen LogP contribution in [0.1, 0.15) is 26.3 Å². The van der Waals surface area contributed by atoms with Gasteiger partial charge >= 0.3 is 0 Å². The number of hydrogen-bond donors (Lipinski definition) is 1. The number of ether oxygens (including phenoxy) is 3. The molecule has 1 atom stereocenters. The molecule has 1 heterocycles. The molecule has 0 bridgehead atoms. The maximum absolute atomic E-state index is 12.8. The lowest BCUT2D eigenvalue weighted by atomic mass is 10.2. The first-order chi connectivity index (χ1) is 14.6. The molecule has 0 saturated carbocycles. The van der Waals surface area contributed by atoms with E-state index in [-0.39, 0.29) is 12.6 Å². The van der Waals surface area contributed by atoms with Crippen LogP contribution in [0.5, 0.6) is 17.2 Å². The van der Waals surface area contributed by atoms with Gasteiger partial charge in [-0.2, -0.15) is 0 Å². The van der Waals surface area contributed by atoms with Crippen molar-refractivity contribution in [3.05, 3.63) is 48.0 Å². The van der Waals surface area contributed by atoms with Crippen molar-refractivity contribution in [2.75, 3.05) is 23.8 Å². The van der Waals surface area contributed by atoms with E-state index in [2.05, 4.69) is 5.32 Å². The lowest BCUT2D eigenvalue weighted by Gasteiger charge is -2.29. The zero-order valence-corrected chi connectivity index (χ0v) is 18.9. The van der Waals surface area contributed by atoms with Gasteiger partial charge in [-0.15, -0.1) is 0 Å². The van der Waals surface area contributed by atoms with Crippen molar-refractivity contribution in [3.8, 4) is 17.2 Å². The van der Waals surface area contributed by atoms with E-state index in [4.69, 9.17) is 14.2 Å². The summed E-state index contributed by atoms with van der Waals surface area (Å²) in [5, 5.41) is 2.80. The Morgan fingerprint density at radius 1 is 1.06 bits per heavy atom. The van der Waals surface area contributed by atoms with Crippen molar-refractivity contribution in [2.45, 2.75) is 39.5 Å². The molecule has 0 fully saturated rings. The Balaban J connectivity index is 1.71. The van der Waals surface area contributed by atoms with Crippen LogP contribution in [0.15, 0.2) is 42.5 Å². The molecule has 1 N–H and O–H groups in total. The largest absolute Gasteiger partial charge is 0.491 e. The molecule has 0 unspecified atom stereocenters. The Kier molecular flexibility index (Phi) is 6.94. The van der Waals surface area contributed by atoms with Gasteiger partial charge in [-0.05, 0) is 50.6 Å². The summed E-state index contributed by atoms with van der Waals surface area (Å²) in [6.45, 7) is 6.53. The Hall–Kier alpha value is -2.94. The Morgan fingerprint density at radius 3 is 2.32 bits per heavy atom. The molecule has 1 aliphatic heterocycles. The number of nitrogens with zero attached hydrogens (tertiary/aromatic N) is 1. The van der Waals surface area contributed by atoms with Crippen LogP contribution >= 0.6 is 0 Å². The maximum Gasteiger partial charge on any atom is 0.243 e. The van der Waals surface area contributed by atoms with E-state index < -0.39 is 22.0 Å². The first-order valence-corrected chi connectivity index (χ1v) is 11.9. The summed E-state index contributed by atoms with van der Waals surface area (Å²) in [7, 11) is -3.73. The second kappa shape index (κ2) is 9.47. The number of benzene rings is 2. The summed E-state index contributed by atoms with van der Waals surface area (Å²) in [4.78, 5) is 12.8. The van der Waals surface area contributed by atoms with Crippen LogP contribution in [0.2, 0.25) is 0 Å². The fraction of sp³-hybridized carbons (Fsp3) is 0.409. The normalized spacial score (nSPS) is 14.1. The van der Waals surface area contributed by atoms with Gasteiger partial charge in [0.2, 0.25) is 15.9 Å². The molecular formula is C22H28N2O6S. The van der Waals surface area contributed by atoms with Crippen molar-refractivity contribution in [1.82, 2.24) is 5.32 Å². The highest BCUT2D eigenvalue weighted by atomic mass is 32.2. The summed E-state index contributed by atoms with van der Waals surface area (Å²) in [6.07, 6.45) is 1.15. The van der Waals surface area contributed by atoms with Gasteiger partial charge in [0, 0.05) is 12.6 Å². The van der Waals surface area contributed by atoms with Gasteiger partial charge in [0.1, 0.15) is 25.0 Å². The zero-order chi connectivity index (χ0) is 22.6. The van der Waals surface area contributed by atoms with Crippen LogP contribution in [-0.2, 0) is 21.4 Å². The van der Waals surface area contributed by atoms with Crippen molar-refractivity contribution in [1.29, 1.82) is 0 Å². The van der Waals surface area contributed by atoms with Crippen LogP contribution in [0.4, 0.5) is 5.69 Å². The monoisotopic (exact) mass is 448 g/mol. The average molecular weight is 449 g/mol. The molecule has 9 heteroatoms. The van der Waals surface area contributed by atoms with Crippen LogP contribution in [0.25, 0.3) is 0 Å². The molecule has 3 rings (SSSR count). The molecule has 0 aromatic heterocycles. The smallest absolute Gasteiger partial charge is 0.243 e. The Morgan fingerprint density at radius 2 is 1.71 bits per heavy atom. The van der Waals surface area contributed by atoms with E-state index >= 15 is 0 Å². The van der Waals surface area contributed by atoms with E-state index in [9.17, 15) is 13.2 Å². The molecule has 0 aliphatic carbocycles. The first kappa shape index (κ1) is 22.7. The maximum atomic E-state index is 12.8. The third-order valence-corrected chi connectivity index (χ3v) is 5.87. The molecule has 0 radical (unpaired) electrons. The van der Waals surface area contributed by atoms with Gasteiger partial charge in [-0.25, -0.2) is 8.42 Å². The molecule has 2 aromatic carbocycles. The summed E-state index contributed by atoms with van der Waals surface area (Å²) in [5.41, 5.74) is 1.21. The number of rotatable bonds is 8. The van der Waals surface area contributed by atoms with E-state index in [0.29, 0.717) is 30.4 Å². The molecule has 2 aromatic rings. The second-order valence-electron chi connectivity index (χ2n) is 7.59. The molecule has 168 valence electrons. The van der Waals surface area contributed by atoms with E-state index in [0.717, 1.165) is 21.9 Å². The number of sulfonamides is 1. The highest BCUT2D eigenvalue weighted by molar-refractivity contribution is 7.92. The number of carbonyl (C=O) groups is 1. The van der Waals surface area contributed by atoms with Crippen molar-refractivity contribution < 1.29 is 27.4 Å². The Labute approximate surface area is 183 Å². The van der Waals surface area contributed by atoms with Crippen molar-refractivity contribution >= 4 is 21.6 Å². The average Bonchev–Trinajstić information content (AvgIpc) is 2.71. The summed E-state index contributed by atoms with van der Waals surface area (Å²) < 4.78 is 42.7. The van der Waals surface area contributed by atoms with E-state index in [1.165, 1.54) is 0 Å². The molecule has 0 saturated heterocycles.